The van der Waals surface area contributed by atoms with Gasteiger partial charge in [0.1, 0.15) is 24.7 Å². The summed E-state index contributed by atoms with van der Waals surface area (Å²) < 4.78 is 13.0. The number of benzene rings is 2. The number of halogens is 1. The van der Waals surface area contributed by atoms with E-state index in [2.05, 4.69) is 36.5 Å². The van der Waals surface area contributed by atoms with Gasteiger partial charge in [-0.15, -0.1) is 0 Å². The maximum absolute atomic E-state index is 12.1. The number of nitrogens with zero attached hydrogens (tertiary/aromatic N) is 5. The molecule has 32 heavy (non-hydrogen) atoms. The van der Waals surface area contributed by atoms with Crippen molar-refractivity contribution in [2.24, 2.45) is 0 Å². The maximum atomic E-state index is 12.1. The average molecular weight is 499 g/mol. The van der Waals surface area contributed by atoms with Crippen molar-refractivity contribution in [2.75, 3.05) is 5.32 Å². The van der Waals surface area contributed by atoms with Crippen molar-refractivity contribution in [1.82, 2.24) is 19.9 Å². The summed E-state index contributed by atoms with van der Waals surface area (Å²) in [6.07, 6.45) is 2.28. The van der Waals surface area contributed by atoms with Crippen molar-refractivity contribution in [3.05, 3.63) is 81.4 Å². The highest BCUT2D eigenvalue weighted by Gasteiger charge is 2.12. The highest BCUT2D eigenvalue weighted by Crippen LogP contribution is 2.20. The zero-order valence-electron chi connectivity index (χ0n) is 16.3. The fraction of sp³-hybridized carbons (Fsp3) is 0.100. The van der Waals surface area contributed by atoms with Crippen LogP contribution in [0.1, 0.15) is 5.89 Å². The molecule has 0 radical (unpaired) electrons. The SMILES string of the molecule is O=C(Cn1cc([N+](=O)[O-])cn1)Nc1ccc(-c2noc(COc3ccc(Br)cc3)n2)cc1. The lowest BCUT2D eigenvalue weighted by Crippen LogP contribution is -2.18. The monoisotopic (exact) mass is 498 g/mol. The number of hydrogen-bond acceptors (Lipinski definition) is 8. The molecule has 1 amide bonds. The van der Waals surface area contributed by atoms with Crippen molar-refractivity contribution in [1.29, 1.82) is 0 Å². The first-order valence-corrected chi connectivity index (χ1v) is 10.0. The van der Waals surface area contributed by atoms with E-state index in [4.69, 9.17) is 9.26 Å². The zero-order chi connectivity index (χ0) is 22.5. The average Bonchev–Trinajstić information content (AvgIpc) is 3.44. The molecule has 162 valence electrons. The number of amides is 1. The molecule has 0 unspecified atom stereocenters. The Morgan fingerprint density at radius 2 is 1.94 bits per heavy atom. The summed E-state index contributed by atoms with van der Waals surface area (Å²) in [5.41, 5.74) is 1.07. The first-order chi connectivity index (χ1) is 15.5. The Morgan fingerprint density at radius 3 is 2.62 bits per heavy atom. The molecule has 1 N–H and O–H groups in total. The molecule has 0 saturated carbocycles. The standard InChI is InChI=1S/C20H15BrN6O5/c21-14-3-7-17(8-4-14)31-12-19-24-20(25-32-19)13-1-5-15(6-2-13)23-18(28)11-26-10-16(9-22-26)27(29)30/h1-10H,11-12H2,(H,23,28). The van der Waals surface area contributed by atoms with E-state index in [1.54, 1.807) is 24.3 Å². The van der Waals surface area contributed by atoms with E-state index in [0.717, 1.165) is 10.7 Å². The highest BCUT2D eigenvalue weighted by molar-refractivity contribution is 9.10. The molecule has 0 bridgehead atoms. The van der Waals surface area contributed by atoms with Crippen LogP contribution >= 0.6 is 15.9 Å². The van der Waals surface area contributed by atoms with Gasteiger partial charge in [0.05, 0.1) is 4.92 Å². The van der Waals surface area contributed by atoms with Crippen molar-refractivity contribution < 1.29 is 19.0 Å². The Balaban J connectivity index is 1.32. The third kappa shape index (κ3) is 5.35. The van der Waals surface area contributed by atoms with E-state index in [1.807, 2.05) is 24.3 Å². The summed E-state index contributed by atoms with van der Waals surface area (Å²) in [5.74, 6) is 1.02. The summed E-state index contributed by atoms with van der Waals surface area (Å²) in [6.45, 7) is -0.0173. The van der Waals surface area contributed by atoms with Gasteiger partial charge in [-0.05, 0) is 48.5 Å². The minimum absolute atomic E-state index is 0.133. The van der Waals surface area contributed by atoms with Crippen LogP contribution < -0.4 is 10.1 Å². The molecule has 11 nitrogen and oxygen atoms in total. The van der Waals surface area contributed by atoms with Gasteiger partial charge in [-0.25, -0.2) is 0 Å². The zero-order valence-corrected chi connectivity index (χ0v) is 17.9. The van der Waals surface area contributed by atoms with E-state index in [9.17, 15) is 14.9 Å². The molecule has 0 fully saturated rings. The molecule has 0 atom stereocenters. The molecule has 0 aliphatic rings. The van der Waals surface area contributed by atoms with Crippen LogP contribution in [0.5, 0.6) is 5.75 Å². The third-order valence-corrected chi connectivity index (χ3v) is 4.74. The number of carbonyl (C=O) groups excluding carboxylic acids is 1. The minimum atomic E-state index is -0.573. The van der Waals surface area contributed by atoms with Crippen LogP contribution in [0.25, 0.3) is 11.4 Å². The van der Waals surface area contributed by atoms with Crippen LogP contribution in [0.2, 0.25) is 0 Å². The van der Waals surface area contributed by atoms with Crippen molar-refractivity contribution >= 4 is 33.2 Å². The lowest BCUT2D eigenvalue weighted by Gasteiger charge is -2.05. The van der Waals surface area contributed by atoms with Crippen molar-refractivity contribution in [3.8, 4) is 17.1 Å². The van der Waals surface area contributed by atoms with E-state index in [0.29, 0.717) is 28.7 Å². The lowest BCUT2D eigenvalue weighted by atomic mass is 10.2. The van der Waals surface area contributed by atoms with Gasteiger partial charge in [0.25, 0.3) is 5.89 Å². The Morgan fingerprint density at radius 1 is 1.19 bits per heavy atom. The fourth-order valence-corrected chi connectivity index (χ4v) is 2.95. The number of anilines is 1. The molecule has 4 aromatic rings. The first kappa shape index (κ1) is 21.2. The number of nitro groups is 1. The van der Waals surface area contributed by atoms with Gasteiger partial charge in [-0.2, -0.15) is 10.1 Å². The predicted octanol–water partition coefficient (Wildman–Crippen LogP) is 3.82. The number of carbonyl (C=O) groups is 1. The van der Waals surface area contributed by atoms with Crippen LogP contribution in [0, 0.1) is 10.1 Å². The lowest BCUT2D eigenvalue weighted by molar-refractivity contribution is -0.385. The van der Waals surface area contributed by atoms with E-state index in [-0.39, 0.29) is 24.7 Å². The predicted molar refractivity (Wildman–Crippen MR) is 116 cm³/mol. The van der Waals surface area contributed by atoms with Gasteiger partial charge in [-0.3, -0.25) is 19.6 Å². The second-order valence-electron chi connectivity index (χ2n) is 6.53. The summed E-state index contributed by atoms with van der Waals surface area (Å²) >= 11 is 3.36. The smallest absolute Gasteiger partial charge is 0.307 e. The van der Waals surface area contributed by atoms with Gasteiger partial charge in [0.15, 0.2) is 6.61 Å². The largest absolute Gasteiger partial charge is 0.484 e. The molecule has 0 saturated heterocycles. The van der Waals surface area contributed by atoms with Gasteiger partial charge < -0.3 is 14.6 Å². The number of ether oxygens (including phenoxy) is 1. The maximum Gasteiger partial charge on any atom is 0.307 e. The Kier molecular flexibility index (Phi) is 6.22. The normalized spacial score (nSPS) is 10.7. The molecule has 0 aliphatic carbocycles. The van der Waals surface area contributed by atoms with Crippen molar-refractivity contribution in [3.63, 3.8) is 0 Å². The fourth-order valence-electron chi connectivity index (χ4n) is 2.69. The topological polar surface area (TPSA) is 138 Å². The summed E-state index contributed by atoms with van der Waals surface area (Å²) in [5, 5.41) is 21.1. The Labute approximate surface area is 189 Å². The summed E-state index contributed by atoms with van der Waals surface area (Å²) in [6, 6.07) is 14.2. The molecule has 0 spiro atoms. The number of rotatable bonds is 8. The second kappa shape index (κ2) is 9.39. The second-order valence-corrected chi connectivity index (χ2v) is 7.45. The van der Waals surface area contributed by atoms with Crippen LogP contribution in [-0.4, -0.2) is 30.8 Å². The van der Waals surface area contributed by atoms with E-state index >= 15 is 0 Å². The Hall–Kier alpha value is -4.06. The summed E-state index contributed by atoms with van der Waals surface area (Å²) in [7, 11) is 0. The third-order valence-electron chi connectivity index (χ3n) is 4.21. The van der Waals surface area contributed by atoms with Crippen molar-refractivity contribution in [2.45, 2.75) is 13.2 Å². The molecule has 0 aliphatic heterocycles. The van der Waals surface area contributed by atoms with Crippen LogP contribution in [0.3, 0.4) is 0 Å². The number of nitrogens with one attached hydrogen (secondary N) is 1. The van der Waals surface area contributed by atoms with Gasteiger partial charge in [0.2, 0.25) is 11.7 Å². The molecule has 2 heterocycles. The Bertz CT molecular complexity index is 1240. The molecule has 12 heteroatoms. The highest BCUT2D eigenvalue weighted by atomic mass is 79.9. The first-order valence-electron chi connectivity index (χ1n) is 9.24. The number of hydrogen-bond donors (Lipinski definition) is 1. The molecular formula is C20H15BrN6O5. The van der Waals surface area contributed by atoms with E-state index in [1.165, 1.54) is 10.9 Å². The van der Waals surface area contributed by atoms with E-state index < -0.39 is 4.92 Å². The quantitative estimate of drug-likeness (QED) is 0.285. The van der Waals surface area contributed by atoms with Crippen LogP contribution in [0.4, 0.5) is 11.4 Å². The van der Waals surface area contributed by atoms with Gasteiger partial charge >= 0.3 is 5.69 Å². The molecule has 2 aromatic heterocycles. The minimum Gasteiger partial charge on any atom is -0.484 e. The molecular weight excluding hydrogens is 484 g/mol. The van der Waals surface area contributed by atoms with Crippen LogP contribution in [-0.2, 0) is 17.9 Å². The van der Waals surface area contributed by atoms with Crippen LogP contribution in [0.15, 0.2) is 69.9 Å². The van der Waals surface area contributed by atoms with Gasteiger partial charge in [-0.1, -0.05) is 21.1 Å². The summed E-state index contributed by atoms with van der Waals surface area (Å²) in [4.78, 5) is 26.5. The molecule has 4 rings (SSSR count). The molecule has 2 aromatic carbocycles. The van der Waals surface area contributed by atoms with Gasteiger partial charge in [0, 0.05) is 15.7 Å². The number of aromatic nitrogens is 4.